The number of carbonyl (C=O) groups is 2. The van der Waals surface area contributed by atoms with E-state index in [1.54, 1.807) is 12.1 Å². The minimum atomic E-state index is -2.99. The van der Waals surface area contributed by atoms with Gasteiger partial charge in [-0.2, -0.15) is 8.78 Å². The van der Waals surface area contributed by atoms with Gasteiger partial charge in [0, 0.05) is 4.88 Å². The lowest BCUT2D eigenvalue weighted by molar-refractivity contribution is -0.115. The van der Waals surface area contributed by atoms with E-state index in [-0.39, 0.29) is 23.9 Å². The van der Waals surface area contributed by atoms with Gasteiger partial charge < -0.3 is 15.4 Å². The predicted molar refractivity (Wildman–Crippen MR) is 92.5 cm³/mol. The lowest BCUT2D eigenvalue weighted by atomic mass is 10.2. The molecule has 5 nitrogen and oxygen atoms in total. The van der Waals surface area contributed by atoms with E-state index in [4.69, 9.17) is 0 Å². The number of benzene rings is 1. The average molecular weight is 368 g/mol. The topological polar surface area (TPSA) is 67.4 Å². The van der Waals surface area contributed by atoms with Gasteiger partial charge in [0.15, 0.2) is 0 Å². The second-order valence-corrected chi connectivity index (χ2v) is 6.31. The highest BCUT2D eigenvalue weighted by atomic mass is 32.1. The van der Waals surface area contributed by atoms with E-state index in [9.17, 15) is 18.4 Å². The third-order valence-electron chi connectivity index (χ3n) is 3.35. The zero-order chi connectivity index (χ0) is 18.4. The third kappa shape index (κ3) is 5.25. The molecule has 0 fully saturated rings. The van der Waals surface area contributed by atoms with Crippen LogP contribution in [0.3, 0.4) is 0 Å². The monoisotopic (exact) mass is 368 g/mol. The van der Waals surface area contributed by atoms with Gasteiger partial charge >= 0.3 is 6.61 Å². The number of para-hydroxylation sites is 2. The van der Waals surface area contributed by atoms with Gasteiger partial charge in [0.1, 0.15) is 5.75 Å². The van der Waals surface area contributed by atoms with Crippen molar-refractivity contribution in [3.05, 3.63) is 45.6 Å². The Morgan fingerprint density at radius 3 is 2.64 bits per heavy atom. The molecule has 25 heavy (non-hydrogen) atoms. The fourth-order valence-electron chi connectivity index (χ4n) is 2.19. The van der Waals surface area contributed by atoms with Crippen molar-refractivity contribution in [1.82, 2.24) is 5.32 Å². The van der Waals surface area contributed by atoms with Crippen molar-refractivity contribution in [1.29, 1.82) is 0 Å². The normalized spacial score (nSPS) is 10.6. The number of ether oxygens (including phenoxy) is 1. The molecule has 1 aromatic carbocycles. The molecule has 2 rings (SSSR count). The van der Waals surface area contributed by atoms with E-state index in [2.05, 4.69) is 15.4 Å². The highest BCUT2D eigenvalue weighted by Gasteiger charge is 2.14. The summed E-state index contributed by atoms with van der Waals surface area (Å²) in [6, 6.07) is 7.63. The minimum absolute atomic E-state index is 0.113. The number of hydrogen-bond acceptors (Lipinski definition) is 4. The van der Waals surface area contributed by atoms with E-state index in [1.165, 1.54) is 29.5 Å². The molecule has 0 aliphatic heterocycles. The molecule has 0 spiro atoms. The number of aryl methyl sites for hydroxylation is 2. The van der Waals surface area contributed by atoms with Gasteiger partial charge in [-0.15, -0.1) is 11.3 Å². The number of carbonyl (C=O) groups excluding carboxylic acids is 2. The predicted octanol–water partition coefficient (Wildman–Crippen LogP) is 3.59. The summed E-state index contributed by atoms with van der Waals surface area (Å²) in [5.74, 6) is -1.03. The quantitative estimate of drug-likeness (QED) is 0.785. The van der Waals surface area contributed by atoms with Gasteiger partial charge in [0.05, 0.1) is 17.1 Å². The highest BCUT2D eigenvalue weighted by Crippen LogP contribution is 2.25. The Hall–Kier alpha value is -2.48. The van der Waals surface area contributed by atoms with Gasteiger partial charge in [0.2, 0.25) is 5.91 Å². The minimum Gasteiger partial charge on any atom is -0.433 e. The van der Waals surface area contributed by atoms with Crippen LogP contribution in [0.5, 0.6) is 5.75 Å². The third-order valence-corrected chi connectivity index (χ3v) is 4.73. The second kappa shape index (κ2) is 8.57. The zero-order valence-electron chi connectivity index (χ0n) is 13.8. The summed E-state index contributed by atoms with van der Waals surface area (Å²) in [5, 5.41) is 4.96. The van der Waals surface area contributed by atoms with Crippen molar-refractivity contribution in [2.75, 3.05) is 11.9 Å². The standard InChI is InChI=1S/C17H18F2N2O3S/c1-3-13-10(2)8-14(25-13)16(23)20-9-15(22)21-11-6-4-5-7-12(11)24-17(18)19/h4-8,17H,3,9H2,1-2H3,(H,20,23)(H,21,22). The van der Waals surface area contributed by atoms with Crippen LogP contribution >= 0.6 is 11.3 Å². The van der Waals surface area contributed by atoms with Crippen LogP contribution in [-0.2, 0) is 11.2 Å². The number of anilines is 1. The van der Waals surface area contributed by atoms with Crippen molar-refractivity contribution in [3.63, 3.8) is 0 Å². The first kappa shape index (κ1) is 18.9. The Morgan fingerprint density at radius 1 is 1.28 bits per heavy atom. The van der Waals surface area contributed by atoms with Crippen LogP contribution in [0.1, 0.15) is 27.0 Å². The molecule has 0 bridgehead atoms. The van der Waals surface area contributed by atoms with E-state index in [0.29, 0.717) is 4.88 Å². The molecule has 2 amide bonds. The largest absolute Gasteiger partial charge is 0.433 e. The van der Waals surface area contributed by atoms with Crippen LogP contribution in [0.25, 0.3) is 0 Å². The van der Waals surface area contributed by atoms with E-state index >= 15 is 0 Å². The number of halogens is 2. The Morgan fingerprint density at radius 2 is 2.00 bits per heavy atom. The SMILES string of the molecule is CCc1sc(C(=O)NCC(=O)Nc2ccccc2OC(F)F)cc1C. The number of hydrogen-bond donors (Lipinski definition) is 2. The molecule has 0 saturated carbocycles. The van der Waals surface area contributed by atoms with Gasteiger partial charge in [0.25, 0.3) is 5.91 Å². The van der Waals surface area contributed by atoms with Crippen molar-refractivity contribution in [3.8, 4) is 5.75 Å². The summed E-state index contributed by atoms with van der Waals surface area (Å²) in [6.45, 7) is 0.666. The zero-order valence-corrected chi connectivity index (χ0v) is 14.6. The Bertz CT molecular complexity index is 762. The van der Waals surface area contributed by atoms with E-state index in [1.807, 2.05) is 13.8 Å². The second-order valence-electron chi connectivity index (χ2n) is 5.18. The maximum Gasteiger partial charge on any atom is 0.387 e. The molecule has 0 atom stereocenters. The van der Waals surface area contributed by atoms with Gasteiger partial charge in [-0.25, -0.2) is 0 Å². The Kier molecular flexibility index (Phi) is 6.46. The summed E-state index contributed by atoms with van der Waals surface area (Å²) in [4.78, 5) is 25.7. The van der Waals surface area contributed by atoms with Crippen LogP contribution in [0.15, 0.2) is 30.3 Å². The summed E-state index contributed by atoms with van der Waals surface area (Å²) >= 11 is 1.39. The first-order valence-electron chi connectivity index (χ1n) is 7.62. The van der Waals surface area contributed by atoms with Gasteiger partial charge in [-0.1, -0.05) is 19.1 Å². The summed E-state index contributed by atoms with van der Waals surface area (Å²) < 4.78 is 29.0. The summed E-state index contributed by atoms with van der Waals surface area (Å²) in [5.41, 5.74) is 1.16. The van der Waals surface area contributed by atoms with Crippen molar-refractivity contribution >= 4 is 28.8 Å². The molecule has 1 aromatic heterocycles. The maximum atomic E-state index is 12.4. The molecule has 0 radical (unpaired) electrons. The fourth-order valence-corrected chi connectivity index (χ4v) is 3.22. The molecular weight excluding hydrogens is 350 g/mol. The molecule has 134 valence electrons. The smallest absolute Gasteiger partial charge is 0.387 e. The lowest BCUT2D eigenvalue weighted by Gasteiger charge is -2.11. The number of amides is 2. The van der Waals surface area contributed by atoms with Crippen molar-refractivity contribution < 1.29 is 23.1 Å². The first-order chi connectivity index (χ1) is 11.9. The van der Waals surface area contributed by atoms with Crippen LogP contribution in [0.2, 0.25) is 0 Å². The Labute approximate surface area is 148 Å². The van der Waals surface area contributed by atoms with Crippen LogP contribution in [-0.4, -0.2) is 25.0 Å². The van der Waals surface area contributed by atoms with E-state index < -0.39 is 12.5 Å². The maximum absolute atomic E-state index is 12.4. The fraction of sp³-hybridized carbons (Fsp3) is 0.294. The Balaban J connectivity index is 1.93. The van der Waals surface area contributed by atoms with E-state index in [0.717, 1.165) is 16.9 Å². The average Bonchev–Trinajstić information content (AvgIpc) is 2.95. The van der Waals surface area contributed by atoms with Crippen molar-refractivity contribution in [2.24, 2.45) is 0 Å². The molecule has 1 heterocycles. The number of nitrogens with one attached hydrogen (secondary N) is 2. The molecule has 2 aromatic rings. The summed E-state index contributed by atoms with van der Waals surface area (Å²) in [6.07, 6.45) is 0.838. The van der Waals surface area contributed by atoms with Crippen LogP contribution in [0, 0.1) is 6.92 Å². The van der Waals surface area contributed by atoms with Crippen LogP contribution in [0.4, 0.5) is 14.5 Å². The highest BCUT2D eigenvalue weighted by molar-refractivity contribution is 7.14. The van der Waals surface area contributed by atoms with Crippen LogP contribution < -0.4 is 15.4 Å². The molecule has 8 heteroatoms. The first-order valence-corrected chi connectivity index (χ1v) is 8.43. The lowest BCUT2D eigenvalue weighted by Crippen LogP contribution is -2.32. The van der Waals surface area contributed by atoms with Crippen molar-refractivity contribution in [2.45, 2.75) is 26.9 Å². The molecule has 2 N–H and O–H groups in total. The molecule has 0 unspecified atom stereocenters. The molecule has 0 saturated heterocycles. The molecular formula is C17H18F2N2O3S. The summed E-state index contributed by atoms with van der Waals surface area (Å²) in [7, 11) is 0. The number of rotatable bonds is 7. The number of thiophene rings is 1. The van der Waals surface area contributed by atoms with Gasteiger partial charge in [-0.3, -0.25) is 9.59 Å². The number of alkyl halides is 2. The molecule has 0 aliphatic rings. The molecule has 0 aliphatic carbocycles. The van der Waals surface area contributed by atoms with Gasteiger partial charge in [-0.05, 0) is 37.1 Å².